The quantitative estimate of drug-likeness (QED) is 0.198. The molecule has 4 aliphatic rings. The zero-order valence-electron chi connectivity index (χ0n) is 29.3. The molecule has 0 aliphatic heterocycles. The van der Waals surface area contributed by atoms with Crippen molar-refractivity contribution in [2.45, 2.75) is 60.2 Å². The first-order valence-corrected chi connectivity index (χ1v) is 17.0. The fourth-order valence-electron chi connectivity index (χ4n) is 10.3. The van der Waals surface area contributed by atoms with Crippen LogP contribution in [0.1, 0.15) is 60.8 Å². The lowest BCUT2D eigenvalue weighted by Gasteiger charge is -2.71. The van der Waals surface area contributed by atoms with Crippen LogP contribution in [0.4, 0.5) is 22.7 Å². The van der Waals surface area contributed by atoms with Crippen molar-refractivity contribution >= 4 is 22.7 Å². The zero-order valence-corrected chi connectivity index (χ0v) is 29.3. The summed E-state index contributed by atoms with van der Waals surface area (Å²) in [7, 11) is 17.1. The number of nitrogens with zero attached hydrogens (tertiary/aromatic N) is 4. The van der Waals surface area contributed by atoms with Gasteiger partial charge in [0.15, 0.2) is 0 Å². The van der Waals surface area contributed by atoms with E-state index >= 15 is 0 Å². The highest BCUT2D eigenvalue weighted by Crippen LogP contribution is 2.74. The summed E-state index contributed by atoms with van der Waals surface area (Å²) < 4.78 is 0. The molecule has 46 heavy (non-hydrogen) atoms. The van der Waals surface area contributed by atoms with E-state index in [9.17, 15) is 0 Å². The third kappa shape index (κ3) is 4.87. The molecular weight excluding hydrogens is 560 g/mol. The van der Waals surface area contributed by atoms with E-state index in [2.05, 4.69) is 173 Å². The predicted molar refractivity (Wildman–Crippen MR) is 197 cm³/mol. The fourth-order valence-corrected chi connectivity index (χ4v) is 10.3. The smallest absolute Gasteiger partial charge is 0.0361 e. The van der Waals surface area contributed by atoms with Gasteiger partial charge in [-0.05, 0) is 131 Å². The molecule has 0 aromatic heterocycles. The Morgan fingerprint density at radius 3 is 0.565 bits per heavy atom. The number of benzene rings is 4. The Kier molecular flexibility index (Phi) is 7.23. The van der Waals surface area contributed by atoms with Gasteiger partial charge in [0.05, 0.1) is 0 Å². The van der Waals surface area contributed by atoms with Crippen molar-refractivity contribution in [1.29, 1.82) is 0 Å². The van der Waals surface area contributed by atoms with Crippen molar-refractivity contribution in [2.24, 2.45) is 0 Å². The maximum Gasteiger partial charge on any atom is 0.0361 e. The molecule has 4 bridgehead atoms. The molecule has 4 aliphatic carbocycles. The molecule has 0 N–H and O–H groups in total. The average molecular weight is 613 g/mol. The zero-order chi connectivity index (χ0) is 32.5. The van der Waals surface area contributed by atoms with Gasteiger partial charge in [0.2, 0.25) is 0 Å². The van der Waals surface area contributed by atoms with Crippen molar-refractivity contribution in [3.8, 4) is 0 Å². The van der Waals surface area contributed by atoms with Crippen molar-refractivity contribution in [1.82, 2.24) is 0 Å². The van der Waals surface area contributed by atoms with Crippen LogP contribution in [0.5, 0.6) is 0 Å². The van der Waals surface area contributed by atoms with Gasteiger partial charge in [-0.2, -0.15) is 0 Å². The first kappa shape index (κ1) is 30.7. The molecule has 240 valence electrons. The molecule has 0 radical (unpaired) electrons. The minimum atomic E-state index is 0.0836. The minimum Gasteiger partial charge on any atom is -0.378 e. The highest BCUT2D eigenvalue weighted by atomic mass is 15.1. The third-order valence-corrected chi connectivity index (χ3v) is 12.0. The van der Waals surface area contributed by atoms with Crippen LogP contribution >= 0.6 is 0 Å². The van der Waals surface area contributed by atoms with Crippen molar-refractivity contribution in [3.63, 3.8) is 0 Å². The van der Waals surface area contributed by atoms with Gasteiger partial charge in [0.25, 0.3) is 0 Å². The van der Waals surface area contributed by atoms with Crippen LogP contribution in [0.15, 0.2) is 97.1 Å². The Balaban J connectivity index is 1.46. The summed E-state index contributed by atoms with van der Waals surface area (Å²) in [5.41, 5.74) is 11.5. The second-order valence-corrected chi connectivity index (χ2v) is 15.9. The molecule has 4 fully saturated rings. The fraction of sp³-hybridized carbons (Fsp3) is 0.429. The van der Waals surface area contributed by atoms with Crippen LogP contribution in [0.25, 0.3) is 0 Å². The summed E-state index contributed by atoms with van der Waals surface area (Å²) >= 11 is 0. The highest BCUT2D eigenvalue weighted by Gasteiger charge is 2.69. The van der Waals surface area contributed by atoms with Crippen LogP contribution in [0.2, 0.25) is 0 Å². The molecule has 0 heterocycles. The third-order valence-electron chi connectivity index (χ3n) is 12.0. The van der Waals surface area contributed by atoms with Gasteiger partial charge in [-0.25, -0.2) is 0 Å². The molecule has 4 saturated carbocycles. The van der Waals surface area contributed by atoms with Crippen LogP contribution in [0.3, 0.4) is 0 Å². The largest absolute Gasteiger partial charge is 0.378 e. The topological polar surface area (TPSA) is 13.0 Å². The summed E-state index contributed by atoms with van der Waals surface area (Å²) in [6.45, 7) is 0. The molecule has 4 nitrogen and oxygen atoms in total. The average Bonchev–Trinajstić information content (AvgIpc) is 3.04. The van der Waals surface area contributed by atoms with E-state index in [0.29, 0.717) is 0 Å². The van der Waals surface area contributed by atoms with Gasteiger partial charge in [-0.3, -0.25) is 0 Å². The number of rotatable bonds is 8. The molecule has 8 rings (SSSR count). The van der Waals surface area contributed by atoms with E-state index in [-0.39, 0.29) is 21.7 Å². The molecule has 0 atom stereocenters. The molecule has 4 aromatic carbocycles. The minimum absolute atomic E-state index is 0.0836. The van der Waals surface area contributed by atoms with Crippen molar-refractivity contribution < 1.29 is 0 Å². The summed E-state index contributed by atoms with van der Waals surface area (Å²) in [5.74, 6) is 0. The second-order valence-electron chi connectivity index (χ2n) is 15.9. The maximum absolute atomic E-state index is 2.47. The predicted octanol–water partition coefficient (Wildman–Crippen LogP) is 8.38. The highest BCUT2D eigenvalue weighted by molar-refractivity contribution is 5.57. The number of hydrogen-bond acceptors (Lipinski definition) is 4. The van der Waals surface area contributed by atoms with Gasteiger partial charge in [0, 0.05) is 79.1 Å². The SMILES string of the molecule is CN(C)c1ccc(C23CC4(c5ccc(N(C)C)cc5)CC(c5ccc(N(C)C)cc5)(C2)CC(c2ccc(N(C)C)cc2)(C3)C4)cc1. The Hall–Kier alpha value is -3.92. The molecule has 0 spiro atoms. The van der Waals surface area contributed by atoms with Gasteiger partial charge in [-0.1, -0.05) is 48.5 Å². The van der Waals surface area contributed by atoms with Crippen molar-refractivity contribution in [3.05, 3.63) is 119 Å². The molecule has 0 saturated heterocycles. The number of anilines is 4. The molecule has 4 heteroatoms. The second kappa shape index (κ2) is 10.8. The Labute approximate surface area is 277 Å². The lowest BCUT2D eigenvalue weighted by atomic mass is 9.32. The van der Waals surface area contributed by atoms with Gasteiger partial charge in [-0.15, -0.1) is 0 Å². The van der Waals surface area contributed by atoms with Gasteiger partial charge >= 0.3 is 0 Å². The molecule has 0 amide bonds. The number of hydrogen-bond donors (Lipinski definition) is 0. The van der Waals surface area contributed by atoms with Gasteiger partial charge < -0.3 is 19.6 Å². The summed E-state index contributed by atoms with van der Waals surface area (Å²) in [6.07, 6.45) is 7.24. The Morgan fingerprint density at radius 1 is 0.283 bits per heavy atom. The first-order chi connectivity index (χ1) is 21.9. The normalized spacial score (nSPS) is 27.8. The lowest BCUT2D eigenvalue weighted by Crippen LogP contribution is -2.67. The van der Waals surface area contributed by atoms with Crippen LogP contribution < -0.4 is 19.6 Å². The Morgan fingerprint density at radius 2 is 0.435 bits per heavy atom. The summed E-state index contributed by atoms with van der Waals surface area (Å²) in [4.78, 5) is 8.88. The summed E-state index contributed by atoms with van der Waals surface area (Å²) in [6, 6.07) is 38.6. The Bertz CT molecular complexity index is 1390. The first-order valence-electron chi connectivity index (χ1n) is 17.0. The van der Waals surface area contributed by atoms with E-state index in [1.54, 1.807) is 0 Å². The van der Waals surface area contributed by atoms with E-state index in [4.69, 9.17) is 0 Å². The van der Waals surface area contributed by atoms with Gasteiger partial charge in [0.1, 0.15) is 0 Å². The summed E-state index contributed by atoms with van der Waals surface area (Å²) in [5, 5.41) is 0. The van der Waals surface area contributed by atoms with E-state index in [1.807, 2.05) is 0 Å². The maximum atomic E-state index is 2.47. The van der Waals surface area contributed by atoms with Crippen LogP contribution in [0, 0.1) is 0 Å². The molecular formula is C42H52N4. The van der Waals surface area contributed by atoms with E-state index in [1.165, 1.54) is 83.5 Å². The van der Waals surface area contributed by atoms with E-state index < -0.39 is 0 Å². The molecule has 0 unspecified atom stereocenters. The van der Waals surface area contributed by atoms with Crippen molar-refractivity contribution in [2.75, 3.05) is 76.0 Å². The lowest BCUT2D eigenvalue weighted by molar-refractivity contribution is -0.0691. The van der Waals surface area contributed by atoms with E-state index in [0.717, 1.165) is 0 Å². The monoisotopic (exact) mass is 612 g/mol. The van der Waals surface area contributed by atoms with Crippen LogP contribution in [-0.4, -0.2) is 56.4 Å². The standard InChI is InChI=1S/C42H52N4/c1-43(2)35-17-9-31(10-18-35)39-25-40(32-11-19-36(20-12-32)44(3)4)28-41(26-39,33-13-21-37(22-14-33)45(5)6)30-42(27-39,29-40)34-15-23-38(24-16-34)46(7)8/h9-24H,25-30H2,1-8H3. The molecule has 4 aromatic rings. The van der Waals surface area contributed by atoms with Crippen LogP contribution in [-0.2, 0) is 21.7 Å².